The van der Waals surface area contributed by atoms with Crippen LogP contribution in [0.2, 0.25) is 25.1 Å². The van der Waals surface area contributed by atoms with E-state index in [-0.39, 0.29) is 36.5 Å². The van der Waals surface area contributed by atoms with Crippen molar-refractivity contribution in [3.63, 3.8) is 0 Å². The van der Waals surface area contributed by atoms with E-state index in [9.17, 15) is 4.79 Å². The Labute approximate surface area is 145 Å². The maximum atomic E-state index is 12.8. The van der Waals surface area contributed by atoms with Crippen LogP contribution in [0.15, 0.2) is 0 Å². The van der Waals surface area contributed by atoms with Crippen molar-refractivity contribution >= 4 is 73.0 Å². The van der Waals surface area contributed by atoms with E-state index in [2.05, 4.69) is 9.24 Å². The molecule has 2 rings (SSSR count). The second kappa shape index (κ2) is 6.49. The van der Waals surface area contributed by atoms with Crippen LogP contribution in [0.1, 0.15) is 42.5 Å². The lowest BCUT2D eigenvalue weighted by Crippen LogP contribution is -2.34. The topological polar surface area (TPSA) is 17.1 Å². The quantitative estimate of drug-likeness (QED) is 0.236. The van der Waals surface area contributed by atoms with Gasteiger partial charge in [-0.15, -0.1) is 9.24 Å². The molecule has 1 unspecified atom stereocenters. The molecule has 0 aliphatic heterocycles. The van der Waals surface area contributed by atoms with Gasteiger partial charge in [-0.05, 0) is 12.8 Å². The summed E-state index contributed by atoms with van der Waals surface area (Å²) in [7, 11) is 2.66. The normalized spacial score (nSPS) is 18.1. The molecule has 1 fully saturated rings. The highest BCUT2D eigenvalue weighted by molar-refractivity contribution is 7.21. The second-order valence-corrected chi connectivity index (χ2v) is 7.99. The molecule has 1 nitrogen and oxygen atoms in total. The third kappa shape index (κ3) is 2.96. The van der Waals surface area contributed by atoms with Crippen LogP contribution in [0.5, 0.6) is 0 Å². The van der Waals surface area contributed by atoms with Crippen LogP contribution in [0.4, 0.5) is 0 Å². The van der Waals surface area contributed by atoms with Crippen molar-refractivity contribution < 1.29 is 4.79 Å². The molecule has 0 aromatic heterocycles. The molecule has 0 saturated heterocycles. The Balaban J connectivity index is 2.55. The fourth-order valence-electron chi connectivity index (χ4n) is 2.46. The summed E-state index contributed by atoms with van der Waals surface area (Å²) in [6, 6.07) is 0. The van der Waals surface area contributed by atoms with Gasteiger partial charge >= 0.3 is 0 Å². The van der Waals surface area contributed by atoms with Crippen molar-refractivity contribution in [1.82, 2.24) is 0 Å². The van der Waals surface area contributed by atoms with Crippen LogP contribution in [-0.2, 0) is 0 Å². The highest BCUT2D eigenvalue weighted by Crippen LogP contribution is 2.47. The van der Waals surface area contributed by atoms with Gasteiger partial charge in [0.25, 0.3) is 0 Å². The van der Waals surface area contributed by atoms with Crippen molar-refractivity contribution in [2.75, 3.05) is 0 Å². The summed E-state index contributed by atoms with van der Waals surface area (Å²) in [5.41, 5.74) is 0.171. The minimum absolute atomic E-state index is 0.0653. The van der Waals surface area contributed by atoms with E-state index in [1.165, 1.54) is 0 Å². The molecule has 1 atom stereocenters. The van der Waals surface area contributed by atoms with Gasteiger partial charge in [0.2, 0.25) is 0 Å². The largest absolute Gasteiger partial charge is 0.293 e. The summed E-state index contributed by atoms with van der Waals surface area (Å²) in [6.07, 6.45) is 4.69. The Morgan fingerprint density at radius 1 is 0.800 bits per heavy atom. The van der Waals surface area contributed by atoms with Gasteiger partial charge in [-0.3, -0.25) is 4.79 Å². The molecular weight excluding hydrogens is 380 g/mol. The Hall–Kier alpha value is 0.770. The van der Waals surface area contributed by atoms with Crippen LogP contribution in [-0.4, -0.2) is 10.9 Å². The molecular formula is C13H12Cl5OP. The molecule has 0 heterocycles. The number of benzene rings is 1. The number of hydrogen-bond acceptors (Lipinski definition) is 1. The first-order valence-electron chi connectivity index (χ1n) is 6.14. The standard InChI is InChI=1S/C13H12Cl5OP/c14-7-6(8(15)10(17)11(18)9(7)16)12(19)13(20)4-2-1-3-5-13/h1-5,20H2. The SMILES string of the molecule is O=C(c1c(Cl)c(Cl)c(Cl)c(Cl)c1Cl)C1(P)CCCCC1. The van der Waals surface area contributed by atoms with Crippen LogP contribution in [0, 0.1) is 0 Å². The van der Waals surface area contributed by atoms with E-state index >= 15 is 0 Å². The summed E-state index contributed by atoms with van der Waals surface area (Å²) >= 11 is 30.3. The number of carbonyl (C=O) groups excluding carboxylic acids is 1. The average molecular weight is 392 g/mol. The van der Waals surface area contributed by atoms with Crippen molar-refractivity contribution in [3.05, 3.63) is 30.7 Å². The Kier molecular flexibility index (Phi) is 5.56. The summed E-state index contributed by atoms with van der Waals surface area (Å²) in [5, 5.41) is -0.203. The van der Waals surface area contributed by atoms with Gasteiger partial charge in [0.1, 0.15) is 0 Å². The molecule has 0 spiro atoms. The molecule has 1 aromatic carbocycles. The zero-order valence-corrected chi connectivity index (χ0v) is 15.3. The molecule has 1 aliphatic carbocycles. The summed E-state index contributed by atoms with van der Waals surface area (Å²) in [4.78, 5) is 12.8. The number of halogens is 5. The summed E-state index contributed by atoms with van der Waals surface area (Å²) < 4.78 is 0. The molecule has 0 bridgehead atoms. The minimum atomic E-state index is -0.550. The number of carbonyl (C=O) groups is 1. The van der Waals surface area contributed by atoms with Gasteiger partial charge in [0.05, 0.1) is 30.7 Å². The highest BCUT2D eigenvalue weighted by Gasteiger charge is 2.38. The first-order chi connectivity index (χ1) is 9.29. The Morgan fingerprint density at radius 3 is 1.65 bits per heavy atom. The van der Waals surface area contributed by atoms with E-state index in [4.69, 9.17) is 58.0 Å². The van der Waals surface area contributed by atoms with Crippen molar-refractivity contribution in [2.24, 2.45) is 0 Å². The molecule has 110 valence electrons. The van der Waals surface area contributed by atoms with Gasteiger partial charge in [0, 0.05) is 5.16 Å². The molecule has 20 heavy (non-hydrogen) atoms. The van der Waals surface area contributed by atoms with Gasteiger partial charge in [-0.25, -0.2) is 0 Å². The average Bonchev–Trinajstić information content (AvgIpc) is 2.44. The maximum Gasteiger partial charge on any atom is 0.175 e. The van der Waals surface area contributed by atoms with Crippen molar-refractivity contribution in [2.45, 2.75) is 37.3 Å². The van der Waals surface area contributed by atoms with Gasteiger partial charge in [-0.2, -0.15) is 0 Å². The van der Waals surface area contributed by atoms with Crippen LogP contribution >= 0.6 is 67.2 Å². The summed E-state index contributed by atoms with van der Waals surface area (Å²) in [5.74, 6) is -0.141. The van der Waals surface area contributed by atoms with E-state index in [0.717, 1.165) is 32.1 Å². The van der Waals surface area contributed by atoms with Crippen molar-refractivity contribution in [1.29, 1.82) is 0 Å². The molecule has 1 aromatic rings. The summed E-state index contributed by atoms with van der Waals surface area (Å²) in [6.45, 7) is 0. The number of Topliss-reactive ketones (excluding diaryl/α,β-unsaturated/α-hetero) is 1. The smallest absolute Gasteiger partial charge is 0.175 e. The number of hydrogen-bond donors (Lipinski definition) is 0. The number of ketones is 1. The van der Waals surface area contributed by atoms with Crippen molar-refractivity contribution in [3.8, 4) is 0 Å². The molecule has 0 radical (unpaired) electrons. The first kappa shape index (κ1) is 17.1. The van der Waals surface area contributed by atoms with Crippen LogP contribution < -0.4 is 0 Å². The fourth-order valence-corrected chi connectivity index (χ4v) is 4.33. The lowest BCUT2D eigenvalue weighted by Gasteiger charge is -2.32. The third-order valence-electron chi connectivity index (χ3n) is 3.63. The monoisotopic (exact) mass is 390 g/mol. The maximum absolute atomic E-state index is 12.8. The molecule has 1 aliphatic rings. The zero-order chi connectivity index (χ0) is 15.1. The first-order valence-corrected chi connectivity index (χ1v) is 8.61. The minimum Gasteiger partial charge on any atom is -0.293 e. The van der Waals surface area contributed by atoms with E-state index in [1.807, 2.05) is 0 Å². The predicted octanol–water partition coefficient (Wildman–Crippen LogP) is 6.71. The molecule has 0 N–H and O–H groups in total. The van der Waals surface area contributed by atoms with Gasteiger partial charge < -0.3 is 0 Å². The highest BCUT2D eigenvalue weighted by atomic mass is 35.5. The number of rotatable bonds is 2. The van der Waals surface area contributed by atoms with Gasteiger partial charge in [-0.1, -0.05) is 77.3 Å². The van der Waals surface area contributed by atoms with E-state index < -0.39 is 5.16 Å². The van der Waals surface area contributed by atoms with Crippen LogP contribution in [0.3, 0.4) is 0 Å². The molecule has 1 saturated carbocycles. The Morgan fingerprint density at radius 2 is 1.20 bits per heavy atom. The zero-order valence-electron chi connectivity index (χ0n) is 10.4. The molecule has 0 amide bonds. The lowest BCUT2D eigenvalue weighted by atomic mass is 9.82. The molecule has 7 heteroatoms. The van der Waals surface area contributed by atoms with Gasteiger partial charge in [0.15, 0.2) is 5.78 Å². The van der Waals surface area contributed by atoms with E-state index in [0.29, 0.717) is 0 Å². The Bertz CT molecular complexity index is 537. The lowest BCUT2D eigenvalue weighted by molar-refractivity contribution is 0.0918. The van der Waals surface area contributed by atoms with Crippen LogP contribution in [0.25, 0.3) is 0 Å². The second-order valence-electron chi connectivity index (χ2n) is 4.99. The predicted molar refractivity (Wildman–Crippen MR) is 91.3 cm³/mol. The van der Waals surface area contributed by atoms with E-state index in [1.54, 1.807) is 0 Å². The fraction of sp³-hybridized carbons (Fsp3) is 0.462. The third-order valence-corrected chi connectivity index (χ3v) is 6.75.